The van der Waals surface area contributed by atoms with Crippen LogP contribution in [-0.2, 0) is 4.79 Å². The summed E-state index contributed by atoms with van der Waals surface area (Å²) < 4.78 is 5.20. The van der Waals surface area contributed by atoms with E-state index in [1.165, 1.54) is 0 Å². The molecule has 0 aliphatic carbocycles. The smallest absolute Gasteiger partial charge is 0.146 e. The number of ether oxygens (including phenoxy) is 1. The van der Waals surface area contributed by atoms with Gasteiger partial charge < -0.3 is 4.74 Å². The molecule has 2 rings (SSSR count). The Bertz CT molecular complexity index is 599. The zero-order chi connectivity index (χ0) is 13.1. The van der Waals surface area contributed by atoms with Crippen molar-refractivity contribution in [1.29, 1.82) is 0 Å². The summed E-state index contributed by atoms with van der Waals surface area (Å²) >= 11 is 0. The quantitative estimate of drug-likeness (QED) is 0.601. The van der Waals surface area contributed by atoms with Gasteiger partial charge >= 0.3 is 0 Å². The van der Waals surface area contributed by atoms with Crippen molar-refractivity contribution in [2.24, 2.45) is 0 Å². The van der Waals surface area contributed by atoms with Crippen LogP contribution < -0.4 is 4.74 Å². The highest BCUT2D eigenvalue weighted by atomic mass is 16.5. The third-order valence-electron chi connectivity index (χ3n) is 3.28. The first-order chi connectivity index (χ1) is 8.65. The third kappa shape index (κ3) is 2.28. The molecule has 2 heteroatoms. The first-order valence-corrected chi connectivity index (χ1v) is 5.87. The van der Waals surface area contributed by atoms with Gasteiger partial charge in [0.05, 0.1) is 7.11 Å². The molecule has 0 fully saturated rings. The maximum atomic E-state index is 10.8. The van der Waals surface area contributed by atoms with Gasteiger partial charge in [0.2, 0.25) is 0 Å². The molecule has 2 aromatic rings. The fraction of sp³-hybridized carbons (Fsp3) is 0.188. The van der Waals surface area contributed by atoms with Crippen molar-refractivity contribution in [3.63, 3.8) is 0 Å². The zero-order valence-electron chi connectivity index (χ0n) is 10.6. The minimum absolute atomic E-state index is 0.0500. The molecular formula is C16H16O2. The molecule has 0 bridgehead atoms. The molecule has 0 spiro atoms. The predicted octanol–water partition coefficient (Wildman–Crippen LogP) is 3.71. The maximum Gasteiger partial charge on any atom is 0.146 e. The van der Waals surface area contributed by atoms with Crippen LogP contribution in [0.2, 0.25) is 0 Å². The summed E-state index contributed by atoms with van der Waals surface area (Å²) in [6.07, 6.45) is 0.822. The largest absolute Gasteiger partial charge is 0.497 e. The molecule has 0 N–H and O–H groups in total. The van der Waals surface area contributed by atoms with Gasteiger partial charge in [-0.25, -0.2) is 0 Å². The Hall–Kier alpha value is -2.09. The van der Waals surface area contributed by atoms with Crippen LogP contribution in [0.15, 0.2) is 48.6 Å². The molecule has 0 aromatic heterocycles. The average Bonchev–Trinajstić information content (AvgIpc) is 2.44. The molecule has 18 heavy (non-hydrogen) atoms. The molecule has 0 aliphatic rings. The van der Waals surface area contributed by atoms with Crippen molar-refractivity contribution < 1.29 is 9.53 Å². The number of hydrogen-bond donors (Lipinski definition) is 0. The van der Waals surface area contributed by atoms with E-state index in [0.29, 0.717) is 5.57 Å². The normalized spacial score (nSPS) is 12.1. The molecule has 0 amide bonds. The molecule has 1 atom stereocenters. The topological polar surface area (TPSA) is 26.3 Å². The van der Waals surface area contributed by atoms with Crippen molar-refractivity contribution in [2.45, 2.75) is 12.8 Å². The molecule has 0 unspecified atom stereocenters. The van der Waals surface area contributed by atoms with Crippen LogP contribution in [-0.4, -0.2) is 13.4 Å². The van der Waals surface area contributed by atoms with Gasteiger partial charge in [-0.3, -0.25) is 4.79 Å². The standard InChI is InChI=1S/C16H16O2/c1-11(10-17)12(2)13-4-5-15-9-16(18-3)7-6-14(15)8-13/h4-10,12H,1H2,2-3H3/t12-/m0/s1. The molecule has 2 aromatic carbocycles. The highest BCUT2D eigenvalue weighted by Gasteiger charge is 2.09. The van der Waals surface area contributed by atoms with Crippen LogP contribution in [0.4, 0.5) is 0 Å². The van der Waals surface area contributed by atoms with Crippen LogP contribution in [0.25, 0.3) is 10.8 Å². The van der Waals surface area contributed by atoms with Crippen molar-refractivity contribution in [2.75, 3.05) is 7.11 Å². The summed E-state index contributed by atoms with van der Waals surface area (Å²) in [5, 5.41) is 2.26. The minimum Gasteiger partial charge on any atom is -0.497 e. The number of hydrogen-bond acceptors (Lipinski definition) is 2. The number of carbonyl (C=O) groups is 1. The lowest BCUT2D eigenvalue weighted by molar-refractivity contribution is -0.105. The monoisotopic (exact) mass is 240 g/mol. The van der Waals surface area contributed by atoms with Crippen molar-refractivity contribution in [3.8, 4) is 5.75 Å². The Balaban J connectivity index is 2.44. The lowest BCUT2D eigenvalue weighted by atomic mass is 9.93. The van der Waals surface area contributed by atoms with Gasteiger partial charge in [-0.15, -0.1) is 0 Å². The van der Waals surface area contributed by atoms with Gasteiger partial charge in [0.1, 0.15) is 12.0 Å². The Kier molecular flexibility index (Phi) is 3.47. The first kappa shape index (κ1) is 12.4. The number of methoxy groups -OCH3 is 1. The van der Waals surface area contributed by atoms with Gasteiger partial charge in [-0.05, 0) is 34.0 Å². The van der Waals surface area contributed by atoms with E-state index in [9.17, 15) is 4.79 Å². The molecule has 0 saturated carbocycles. The zero-order valence-corrected chi connectivity index (χ0v) is 10.6. The summed E-state index contributed by atoms with van der Waals surface area (Å²) in [7, 11) is 1.66. The van der Waals surface area contributed by atoms with Gasteiger partial charge in [0.15, 0.2) is 0 Å². The Morgan fingerprint density at radius 3 is 2.56 bits per heavy atom. The summed E-state index contributed by atoms with van der Waals surface area (Å²) in [6.45, 7) is 5.76. The average molecular weight is 240 g/mol. The van der Waals surface area contributed by atoms with Crippen LogP contribution in [0.5, 0.6) is 5.75 Å². The SMILES string of the molecule is C=C(C=O)[C@H](C)c1ccc2cc(OC)ccc2c1. The highest BCUT2D eigenvalue weighted by Crippen LogP contribution is 2.27. The van der Waals surface area contributed by atoms with Crippen molar-refractivity contribution >= 4 is 17.1 Å². The lowest BCUT2D eigenvalue weighted by Crippen LogP contribution is -1.97. The predicted molar refractivity (Wildman–Crippen MR) is 74.1 cm³/mol. The van der Waals surface area contributed by atoms with Crippen molar-refractivity contribution in [1.82, 2.24) is 0 Å². The third-order valence-corrected chi connectivity index (χ3v) is 3.28. The summed E-state index contributed by atoms with van der Waals surface area (Å²) in [5.41, 5.74) is 1.70. The highest BCUT2D eigenvalue weighted by molar-refractivity contribution is 5.85. The van der Waals surface area contributed by atoms with Crippen LogP contribution >= 0.6 is 0 Å². The van der Waals surface area contributed by atoms with Crippen LogP contribution in [0, 0.1) is 0 Å². The van der Waals surface area contributed by atoms with E-state index < -0.39 is 0 Å². The molecular weight excluding hydrogens is 224 g/mol. The molecule has 0 heterocycles. The number of fused-ring (bicyclic) bond motifs is 1. The van der Waals surface area contributed by atoms with Gasteiger partial charge in [-0.1, -0.05) is 37.8 Å². The van der Waals surface area contributed by atoms with Crippen molar-refractivity contribution in [3.05, 3.63) is 54.1 Å². The van der Waals surface area contributed by atoms with Crippen LogP contribution in [0.3, 0.4) is 0 Å². The number of rotatable bonds is 4. The number of carbonyl (C=O) groups excluding carboxylic acids is 1. The summed E-state index contributed by atoms with van der Waals surface area (Å²) in [4.78, 5) is 10.8. The second kappa shape index (κ2) is 5.05. The van der Waals surface area contributed by atoms with E-state index in [1.807, 2.05) is 37.3 Å². The molecule has 0 aliphatic heterocycles. The fourth-order valence-corrected chi connectivity index (χ4v) is 1.95. The summed E-state index contributed by atoms with van der Waals surface area (Å²) in [6, 6.07) is 12.1. The molecule has 0 radical (unpaired) electrons. The molecule has 92 valence electrons. The van der Waals surface area contributed by atoms with E-state index in [-0.39, 0.29) is 5.92 Å². The molecule has 0 saturated heterocycles. The van der Waals surface area contributed by atoms with E-state index in [4.69, 9.17) is 4.74 Å². The van der Waals surface area contributed by atoms with E-state index in [0.717, 1.165) is 28.4 Å². The number of allylic oxidation sites excluding steroid dienone is 1. The second-order valence-electron chi connectivity index (χ2n) is 4.39. The first-order valence-electron chi connectivity index (χ1n) is 5.87. The second-order valence-corrected chi connectivity index (χ2v) is 4.39. The van der Waals surface area contributed by atoms with E-state index in [2.05, 4.69) is 12.6 Å². The Labute approximate surface area is 107 Å². The lowest BCUT2D eigenvalue weighted by Gasteiger charge is -2.12. The van der Waals surface area contributed by atoms with Crippen LogP contribution in [0.1, 0.15) is 18.4 Å². The number of benzene rings is 2. The maximum absolute atomic E-state index is 10.8. The Morgan fingerprint density at radius 1 is 1.22 bits per heavy atom. The molecule has 2 nitrogen and oxygen atoms in total. The van der Waals surface area contributed by atoms with Gasteiger partial charge in [0.25, 0.3) is 0 Å². The van der Waals surface area contributed by atoms with Gasteiger partial charge in [-0.2, -0.15) is 0 Å². The van der Waals surface area contributed by atoms with E-state index in [1.54, 1.807) is 7.11 Å². The number of aldehydes is 1. The fourth-order valence-electron chi connectivity index (χ4n) is 1.95. The Morgan fingerprint density at radius 2 is 1.89 bits per heavy atom. The van der Waals surface area contributed by atoms with E-state index >= 15 is 0 Å². The minimum atomic E-state index is 0.0500. The summed E-state index contributed by atoms with van der Waals surface area (Å²) in [5.74, 6) is 0.898. The van der Waals surface area contributed by atoms with Gasteiger partial charge in [0, 0.05) is 5.92 Å².